The predicted molar refractivity (Wildman–Crippen MR) is 104 cm³/mol. The van der Waals surface area contributed by atoms with Crippen LogP contribution in [0.5, 0.6) is 0 Å². The fourth-order valence-electron chi connectivity index (χ4n) is 3.51. The molecule has 0 bridgehead atoms. The molecule has 2 aromatic carbocycles. The topological polar surface area (TPSA) is 49.3 Å². The van der Waals surface area contributed by atoms with Crippen LogP contribution in [0.1, 0.15) is 13.3 Å². The second kappa shape index (κ2) is 6.75. The van der Waals surface area contributed by atoms with Gasteiger partial charge in [0.05, 0.1) is 11.7 Å². The van der Waals surface area contributed by atoms with Crippen molar-refractivity contribution in [3.63, 3.8) is 0 Å². The Hall–Kier alpha value is -2.95. The minimum atomic E-state index is 0.0997. The van der Waals surface area contributed by atoms with E-state index in [1.807, 2.05) is 36.3 Å². The molecule has 1 amide bonds. The molecule has 5 heteroatoms. The van der Waals surface area contributed by atoms with E-state index in [1.54, 1.807) is 6.92 Å². The zero-order chi connectivity index (χ0) is 18.1. The average molecular weight is 346 g/mol. The fraction of sp³-hybridized carbons (Fsp3) is 0.286. The lowest BCUT2D eigenvalue weighted by molar-refractivity contribution is -0.129. The van der Waals surface area contributed by atoms with Gasteiger partial charge >= 0.3 is 0 Å². The average Bonchev–Trinajstić information content (AvgIpc) is 3.17. The van der Waals surface area contributed by atoms with Crippen molar-refractivity contribution in [1.29, 1.82) is 0 Å². The molecule has 1 fully saturated rings. The summed E-state index contributed by atoms with van der Waals surface area (Å²) in [5.74, 6) is 0.831. The van der Waals surface area contributed by atoms with Crippen LogP contribution in [-0.2, 0) is 4.79 Å². The molecule has 1 saturated heterocycles. The number of aromatic nitrogens is 2. The molecular weight excluding hydrogens is 324 g/mol. The van der Waals surface area contributed by atoms with Gasteiger partial charge in [0, 0.05) is 38.8 Å². The standard InChI is InChI=1S/C21H22N4O/c1-15(26)24(2)19-10-12-25(14-19)21-22-11-9-20(23-21)18-8-7-16-5-3-4-6-17(16)13-18/h3-9,11,13,19H,10,12,14H2,1-2H3. The number of amides is 1. The van der Waals surface area contributed by atoms with Gasteiger partial charge in [0.1, 0.15) is 0 Å². The quantitative estimate of drug-likeness (QED) is 0.730. The third-order valence-electron chi connectivity index (χ3n) is 5.18. The predicted octanol–water partition coefficient (Wildman–Crippen LogP) is 3.35. The second-order valence-electron chi connectivity index (χ2n) is 6.82. The van der Waals surface area contributed by atoms with Crippen LogP contribution in [0.3, 0.4) is 0 Å². The third kappa shape index (κ3) is 3.12. The van der Waals surface area contributed by atoms with Gasteiger partial charge in [-0.05, 0) is 29.3 Å². The van der Waals surface area contributed by atoms with Crippen molar-refractivity contribution < 1.29 is 4.79 Å². The maximum absolute atomic E-state index is 11.6. The van der Waals surface area contributed by atoms with Crippen LogP contribution in [0.25, 0.3) is 22.0 Å². The van der Waals surface area contributed by atoms with E-state index in [0.717, 1.165) is 36.7 Å². The van der Waals surface area contributed by atoms with Gasteiger partial charge in [-0.2, -0.15) is 0 Å². The Balaban J connectivity index is 1.59. The summed E-state index contributed by atoms with van der Waals surface area (Å²) in [6.45, 7) is 3.25. The molecule has 2 heterocycles. The maximum atomic E-state index is 11.6. The molecular formula is C21H22N4O. The Kier molecular flexibility index (Phi) is 4.29. The summed E-state index contributed by atoms with van der Waals surface area (Å²) in [5.41, 5.74) is 2.01. The number of nitrogens with zero attached hydrogens (tertiary/aromatic N) is 4. The molecule has 132 valence electrons. The number of likely N-dealkylation sites (N-methyl/N-ethyl adjacent to an activating group) is 1. The molecule has 0 spiro atoms. The Morgan fingerprint density at radius 1 is 1.15 bits per heavy atom. The van der Waals surface area contributed by atoms with E-state index in [4.69, 9.17) is 4.98 Å². The summed E-state index contributed by atoms with van der Waals surface area (Å²) in [7, 11) is 1.86. The number of hydrogen-bond donors (Lipinski definition) is 0. The van der Waals surface area contributed by atoms with E-state index in [9.17, 15) is 4.79 Å². The minimum Gasteiger partial charge on any atom is -0.341 e. The molecule has 1 unspecified atom stereocenters. The largest absolute Gasteiger partial charge is 0.341 e. The summed E-state index contributed by atoms with van der Waals surface area (Å²) in [6.07, 6.45) is 2.76. The summed E-state index contributed by atoms with van der Waals surface area (Å²) in [5, 5.41) is 2.43. The molecule has 0 aliphatic carbocycles. The maximum Gasteiger partial charge on any atom is 0.225 e. The van der Waals surface area contributed by atoms with E-state index in [2.05, 4.69) is 40.2 Å². The van der Waals surface area contributed by atoms with Gasteiger partial charge in [0.15, 0.2) is 0 Å². The summed E-state index contributed by atoms with van der Waals surface area (Å²) >= 11 is 0. The van der Waals surface area contributed by atoms with Crippen molar-refractivity contribution in [2.24, 2.45) is 0 Å². The number of anilines is 1. The van der Waals surface area contributed by atoms with E-state index in [-0.39, 0.29) is 11.9 Å². The van der Waals surface area contributed by atoms with Crippen molar-refractivity contribution in [3.8, 4) is 11.3 Å². The molecule has 3 aromatic rings. The molecule has 26 heavy (non-hydrogen) atoms. The summed E-state index contributed by atoms with van der Waals surface area (Å²) < 4.78 is 0. The van der Waals surface area contributed by atoms with Gasteiger partial charge in [0.25, 0.3) is 0 Å². The van der Waals surface area contributed by atoms with Crippen molar-refractivity contribution in [2.75, 3.05) is 25.0 Å². The Bertz CT molecular complexity index is 955. The summed E-state index contributed by atoms with van der Waals surface area (Å²) in [6, 6.07) is 16.9. The Morgan fingerprint density at radius 2 is 1.96 bits per heavy atom. The van der Waals surface area contributed by atoms with Gasteiger partial charge < -0.3 is 9.80 Å². The van der Waals surface area contributed by atoms with Crippen LogP contribution < -0.4 is 4.90 Å². The normalized spacial score (nSPS) is 16.8. The zero-order valence-electron chi connectivity index (χ0n) is 15.1. The van der Waals surface area contributed by atoms with E-state index >= 15 is 0 Å². The van der Waals surface area contributed by atoms with Crippen molar-refractivity contribution in [2.45, 2.75) is 19.4 Å². The molecule has 1 aromatic heterocycles. The molecule has 1 aliphatic heterocycles. The monoisotopic (exact) mass is 346 g/mol. The molecule has 1 atom stereocenters. The van der Waals surface area contributed by atoms with Gasteiger partial charge in [-0.1, -0.05) is 36.4 Å². The van der Waals surface area contributed by atoms with Crippen molar-refractivity contribution >= 4 is 22.6 Å². The Labute approximate surface area is 153 Å². The van der Waals surface area contributed by atoms with Crippen LogP contribution in [-0.4, -0.2) is 47.0 Å². The van der Waals surface area contributed by atoms with Gasteiger partial charge in [0.2, 0.25) is 11.9 Å². The van der Waals surface area contributed by atoms with Crippen LogP contribution >= 0.6 is 0 Å². The number of carbonyl (C=O) groups excluding carboxylic acids is 1. The first-order valence-electron chi connectivity index (χ1n) is 8.92. The first-order valence-corrected chi connectivity index (χ1v) is 8.92. The first-order chi connectivity index (χ1) is 12.6. The van der Waals surface area contributed by atoms with Crippen LogP contribution in [0, 0.1) is 0 Å². The number of benzene rings is 2. The highest BCUT2D eigenvalue weighted by atomic mass is 16.2. The van der Waals surface area contributed by atoms with Crippen LogP contribution in [0.15, 0.2) is 54.7 Å². The zero-order valence-corrected chi connectivity index (χ0v) is 15.1. The molecule has 0 N–H and O–H groups in total. The van der Waals surface area contributed by atoms with E-state index in [1.165, 1.54) is 10.8 Å². The van der Waals surface area contributed by atoms with Crippen molar-refractivity contribution in [3.05, 3.63) is 54.7 Å². The molecule has 4 rings (SSSR count). The lowest BCUT2D eigenvalue weighted by Crippen LogP contribution is -2.37. The fourth-order valence-corrected chi connectivity index (χ4v) is 3.51. The lowest BCUT2D eigenvalue weighted by Gasteiger charge is -2.23. The molecule has 0 saturated carbocycles. The highest BCUT2D eigenvalue weighted by Gasteiger charge is 2.28. The lowest BCUT2D eigenvalue weighted by atomic mass is 10.1. The van der Waals surface area contributed by atoms with E-state index < -0.39 is 0 Å². The van der Waals surface area contributed by atoms with E-state index in [0.29, 0.717) is 0 Å². The second-order valence-corrected chi connectivity index (χ2v) is 6.82. The molecule has 0 radical (unpaired) electrons. The smallest absolute Gasteiger partial charge is 0.225 e. The van der Waals surface area contributed by atoms with Crippen molar-refractivity contribution in [1.82, 2.24) is 14.9 Å². The highest BCUT2D eigenvalue weighted by Crippen LogP contribution is 2.25. The highest BCUT2D eigenvalue weighted by molar-refractivity contribution is 5.86. The molecule has 1 aliphatic rings. The molecule has 5 nitrogen and oxygen atoms in total. The first kappa shape index (κ1) is 16.5. The number of hydrogen-bond acceptors (Lipinski definition) is 4. The van der Waals surface area contributed by atoms with Crippen LogP contribution in [0.2, 0.25) is 0 Å². The van der Waals surface area contributed by atoms with Gasteiger partial charge in [-0.3, -0.25) is 4.79 Å². The van der Waals surface area contributed by atoms with Gasteiger partial charge in [-0.15, -0.1) is 0 Å². The third-order valence-corrected chi connectivity index (χ3v) is 5.18. The number of rotatable bonds is 3. The Morgan fingerprint density at radius 3 is 2.77 bits per heavy atom. The minimum absolute atomic E-state index is 0.0997. The summed E-state index contributed by atoms with van der Waals surface area (Å²) in [4.78, 5) is 24.8. The van der Waals surface area contributed by atoms with Gasteiger partial charge in [-0.25, -0.2) is 9.97 Å². The SMILES string of the molecule is CC(=O)N(C)C1CCN(c2nccc(-c3ccc4ccccc4c3)n2)C1. The number of fused-ring (bicyclic) bond motifs is 1. The van der Waals surface area contributed by atoms with Crippen LogP contribution in [0.4, 0.5) is 5.95 Å². The number of carbonyl (C=O) groups is 1.